The number of aromatic nitrogens is 1. The van der Waals surface area contributed by atoms with E-state index in [9.17, 15) is 4.79 Å². The number of rotatable bonds is 4. The zero-order valence-electron chi connectivity index (χ0n) is 11.1. The molecule has 5 nitrogen and oxygen atoms in total. The molecule has 0 bridgehead atoms. The van der Waals surface area contributed by atoms with Gasteiger partial charge >= 0.3 is 0 Å². The Kier molecular flexibility index (Phi) is 4.36. The van der Waals surface area contributed by atoms with Crippen LogP contribution < -0.4 is 10.6 Å². The minimum atomic E-state index is 0.0583. The average Bonchev–Trinajstić information content (AvgIpc) is 2.69. The quantitative estimate of drug-likeness (QED) is 0.836. The molecule has 0 aromatic carbocycles. The van der Waals surface area contributed by atoms with Crippen molar-refractivity contribution in [3.05, 3.63) is 17.0 Å². The van der Waals surface area contributed by atoms with Crippen molar-refractivity contribution in [2.75, 3.05) is 19.6 Å². The van der Waals surface area contributed by atoms with Crippen molar-refractivity contribution in [3.63, 3.8) is 0 Å². The zero-order chi connectivity index (χ0) is 13.0. The van der Waals surface area contributed by atoms with E-state index in [1.54, 1.807) is 0 Å². The van der Waals surface area contributed by atoms with Gasteiger partial charge < -0.3 is 15.2 Å². The highest BCUT2D eigenvalue weighted by Gasteiger charge is 2.16. The smallest absolute Gasteiger partial charge is 0.224 e. The lowest BCUT2D eigenvalue weighted by Crippen LogP contribution is -2.36. The second-order valence-electron chi connectivity index (χ2n) is 4.98. The van der Waals surface area contributed by atoms with E-state index >= 15 is 0 Å². The Balaban J connectivity index is 1.78. The Morgan fingerprint density at radius 2 is 2.17 bits per heavy atom. The summed E-state index contributed by atoms with van der Waals surface area (Å²) in [5.74, 6) is 1.41. The summed E-state index contributed by atoms with van der Waals surface area (Å²) in [6.45, 7) is 6.61. The van der Waals surface area contributed by atoms with Gasteiger partial charge in [0.15, 0.2) is 0 Å². The molecule has 0 atom stereocenters. The summed E-state index contributed by atoms with van der Waals surface area (Å²) in [4.78, 5) is 11.9. The number of carbonyl (C=O) groups is 1. The Morgan fingerprint density at radius 3 is 2.78 bits per heavy atom. The molecule has 2 N–H and O–H groups in total. The number of aryl methyl sites for hydroxylation is 2. The number of carbonyl (C=O) groups excluding carboxylic acids is 1. The van der Waals surface area contributed by atoms with E-state index in [4.69, 9.17) is 4.52 Å². The van der Waals surface area contributed by atoms with Crippen LogP contribution in [0.2, 0.25) is 0 Å². The van der Waals surface area contributed by atoms with Gasteiger partial charge in [0, 0.05) is 12.1 Å². The van der Waals surface area contributed by atoms with Crippen molar-refractivity contribution in [2.24, 2.45) is 5.92 Å². The molecule has 0 saturated carbocycles. The fourth-order valence-corrected chi connectivity index (χ4v) is 2.32. The molecule has 1 amide bonds. The molecule has 0 unspecified atom stereocenters. The Morgan fingerprint density at radius 1 is 1.44 bits per heavy atom. The fraction of sp³-hybridized carbons (Fsp3) is 0.692. The van der Waals surface area contributed by atoms with E-state index in [0.29, 0.717) is 12.3 Å². The molecule has 0 aliphatic carbocycles. The number of amides is 1. The molecule has 1 aromatic heterocycles. The number of nitrogens with one attached hydrogen (secondary N) is 2. The molecule has 0 spiro atoms. The topological polar surface area (TPSA) is 67.2 Å². The van der Waals surface area contributed by atoms with Crippen LogP contribution in [0.3, 0.4) is 0 Å². The van der Waals surface area contributed by atoms with E-state index < -0.39 is 0 Å². The second-order valence-corrected chi connectivity index (χ2v) is 4.98. The summed E-state index contributed by atoms with van der Waals surface area (Å²) in [5.41, 5.74) is 1.72. The molecule has 18 heavy (non-hydrogen) atoms. The largest absolute Gasteiger partial charge is 0.361 e. The van der Waals surface area contributed by atoms with Crippen LogP contribution in [-0.4, -0.2) is 30.7 Å². The first-order valence-corrected chi connectivity index (χ1v) is 6.56. The highest BCUT2D eigenvalue weighted by molar-refractivity contribution is 5.78. The van der Waals surface area contributed by atoms with Crippen LogP contribution in [0, 0.1) is 19.8 Å². The van der Waals surface area contributed by atoms with Gasteiger partial charge in [-0.05, 0) is 45.7 Å². The Labute approximate surface area is 107 Å². The maximum atomic E-state index is 11.9. The van der Waals surface area contributed by atoms with E-state index in [1.165, 1.54) is 0 Å². The molecule has 100 valence electrons. The summed E-state index contributed by atoms with van der Waals surface area (Å²) in [7, 11) is 0. The molecule has 2 rings (SSSR count). The predicted octanol–water partition coefficient (Wildman–Crippen LogP) is 0.950. The first-order chi connectivity index (χ1) is 8.66. The third kappa shape index (κ3) is 3.32. The first-order valence-electron chi connectivity index (χ1n) is 6.56. The third-order valence-electron chi connectivity index (χ3n) is 3.57. The molecule has 1 aliphatic heterocycles. The molecule has 1 saturated heterocycles. The lowest BCUT2D eigenvalue weighted by Gasteiger charge is -2.22. The molecule has 1 aromatic rings. The van der Waals surface area contributed by atoms with Crippen molar-refractivity contribution >= 4 is 5.91 Å². The van der Waals surface area contributed by atoms with E-state index in [2.05, 4.69) is 15.8 Å². The standard InChI is InChI=1S/C13H21N3O2/c1-9-12(10(2)18-16-9)7-13(17)15-8-11-3-5-14-6-4-11/h11,14H,3-8H2,1-2H3,(H,15,17). The lowest BCUT2D eigenvalue weighted by atomic mass is 9.98. The van der Waals surface area contributed by atoms with Gasteiger partial charge in [-0.2, -0.15) is 0 Å². The average molecular weight is 251 g/mol. The van der Waals surface area contributed by atoms with Crippen LogP contribution in [-0.2, 0) is 11.2 Å². The van der Waals surface area contributed by atoms with Crippen molar-refractivity contribution in [1.29, 1.82) is 0 Å². The fourth-order valence-electron chi connectivity index (χ4n) is 2.32. The Bertz CT molecular complexity index is 389. The van der Waals surface area contributed by atoms with Crippen LogP contribution in [0.15, 0.2) is 4.52 Å². The van der Waals surface area contributed by atoms with E-state index in [-0.39, 0.29) is 5.91 Å². The summed E-state index contributed by atoms with van der Waals surface area (Å²) < 4.78 is 5.05. The van der Waals surface area contributed by atoms with Gasteiger partial charge in [-0.1, -0.05) is 5.16 Å². The first kappa shape index (κ1) is 13.1. The van der Waals surface area contributed by atoms with Crippen LogP contribution in [0.25, 0.3) is 0 Å². The number of hydrogen-bond acceptors (Lipinski definition) is 4. The molecule has 1 fully saturated rings. The third-order valence-corrected chi connectivity index (χ3v) is 3.57. The van der Waals surface area contributed by atoms with Crippen LogP contribution in [0.4, 0.5) is 0 Å². The van der Waals surface area contributed by atoms with Gasteiger partial charge in [0.25, 0.3) is 0 Å². The monoisotopic (exact) mass is 251 g/mol. The van der Waals surface area contributed by atoms with Gasteiger partial charge in [-0.25, -0.2) is 0 Å². The van der Waals surface area contributed by atoms with Gasteiger partial charge in [-0.15, -0.1) is 0 Å². The minimum absolute atomic E-state index is 0.0583. The van der Waals surface area contributed by atoms with Crippen LogP contribution in [0.5, 0.6) is 0 Å². The molecule has 5 heteroatoms. The van der Waals surface area contributed by atoms with E-state index in [0.717, 1.165) is 49.5 Å². The molecular weight excluding hydrogens is 230 g/mol. The van der Waals surface area contributed by atoms with Gasteiger partial charge in [0.05, 0.1) is 12.1 Å². The van der Waals surface area contributed by atoms with Crippen molar-refractivity contribution in [2.45, 2.75) is 33.1 Å². The van der Waals surface area contributed by atoms with Crippen molar-refractivity contribution in [3.8, 4) is 0 Å². The summed E-state index contributed by atoms with van der Waals surface area (Å²) in [6.07, 6.45) is 2.66. The van der Waals surface area contributed by atoms with Crippen molar-refractivity contribution in [1.82, 2.24) is 15.8 Å². The molecule has 1 aliphatic rings. The molecule has 2 heterocycles. The predicted molar refractivity (Wildman–Crippen MR) is 68.3 cm³/mol. The number of hydrogen-bond donors (Lipinski definition) is 2. The molecule has 0 radical (unpaired) electrons. The summed E-state index contributed by atoms with van der Waals surface area (Å²) in [5, 5.41) is 10.2. The van der Waals surface area contributed by atoms with Crippen molar-refractivity contribution < 1.29 is 9.32 Å². The number of nitrogens with zero attached hydrogens (tertiary/aromatic N) is 1. The lowest BCUT2D eigenvalue weighted by molar-refractivity contribution is -0.120. The van der Waals surface area contributed by atoms with E-state index in [1.807, 2.05) is 13.8 Å². The highest BCUT2D eigenvalue weighted by Crippen LogP contribution is 2.13. The second kappa shape index (κ2) is 6.00. The summed E-state index contributed by atoms with van der Waals surface area (Å²) in [6, 6.07) is 0. The van der Waals surface area contributed by atoms with Crippen LogP contribution >= 0.6 is 0 Å². The molecular formula is C13H21N3O2. The van der Waals surface area contributed by atoms with Gasteiger partial charge in [-0.3, -0.25) is 4.79 Å². The van der Waals surface area contributed by atoms with Crippen LogP contribution in [0.1, 0.15) is 29.9 Å². The summed E-state index contributed by atoms with van der Waals surface area (Å²) >= 11 is 0. The minimum Gasteiger partial charge on any atom is -0.361 e. The Hall–Kier alpha value is -1.36. The van der Waals surface area contributed by atoms with Gasteiger partial charge in [0.2, 0.25) is 5.91 Å². The number of piperidine rings is 1. The van der Waals surface area contributed by atoms with Gasteiger partial charge in [0.1, 0.15) is 5.76 Å². The SMILES string of the molecule is Cc1noc(C)c1CC(=O)NCC1CCNCC1. The maximum absolute atomic E-state index is 11.9. The highest BCUT2D eigenvalue weighted by atomic mass is 16.5. The maximum Gasteiger partial charge on any atom is 0.224 e. The zero-order valence-corrected chi connectivity index (χ0v) is 11.1. The normalized spacial score (nSPS) is 16.8.